The number of nitrogens with one attached hydrogen (secondary N) is 1. The van der Waals surface area contributed by atoms with Crippen LogP contribution in [-0.2, 0) is 6.54 Å². The van der Waals surface area contributed by atoms with Gasteiger partial charge in [-0.1, -0.05) is 13.8 Å². The van der Waals surface area contributed by atoms with Crippen LogP contribution in [-0.4, -0.2) is 11.5 Å². The summed E-state index contributed by atoms with van der Waals surface area (Å²) in [7, 11) is 0. The van der Waals surface area contributed by atoms with E-state index < -0.39 is 10.7 Å². The Bertz CT molecular complexity index is 394. The molecule has 0 saturated carbocycles. The van der Waals surface area contributed by atoms with Gasteiger partial charge in [-0.15, -0.1) is 0 Å². The molecule has 94 valence electrons. The molecule has 0 saturated heterocycles. The third-order valence-electron chi connectivity index (χ3n) is 2.38. The molecule has 0 aromatic heterocycles. The third kappa shape index (κ3) is 4.91. The molecule has 0 bridgehead atoms. The molecule has 1 aromatic carbocycles. The van der Waals surface area contributed by atoms with Crippen molar-refractivity contribution in [2.45, 2.75) is 26.8 Å². The number of hydrogen-bond acceptors (Lipinski definition) is 3. The molecule has 5 heteroatoms. The maximum Gasteiger partial charge on any atom is 0.272 e. The zero-order valence-electron chi connectivity index (χ0n) is 10.1. The fraction of sp³-hybridized carbons (Fsp3) is 0.500. The number of nitro groups is 1. The van der Waals surface area contributed by atoms with Gasteiger partial charge in [0.25, 0.3) is 5.69 Å². The van der Waals surface area contributed by atoms with E-state index in [1.807, 2.05) is 0 Å². The molecule has 0 radical (unpaired) electrons. The lowest BCUT2D eigenvalue weighted by Crippen LogP contribution is -2.16. The van der Waals surface area contributed by atoms with Crippen LogP contribution < -0.4 is 5.32 Å². The first-order valence-corrected chi connectivity index (χ1v) is 5.63. The molecule has 0 atom stereocenters. The van der Waals surface area contributed by atoms with Crippen LogP contribution in [0.25, 0.3) is 0 Å². The monoisotopic (exact) mass is 240 g/mol. The second kappa shape index (κ2) is 6.30. The summed E-state index contributed by atoms with van der Waals surface area (Å²) in [4.78, 5) is 9.96. The molecule has 1 rings (SSSR count). The molecule has 0 aliphatic heterocycles. The van der Waals surface area contributed by atoms with Crippen molar-refractivity contribution in [3.63, 3.8) is 0 Å². The summed E-state index contributed by atoms with van der Waals surface area (Å²) in [6.07, 6.45) is 1.03. The molecule has 0 heterocycles. The predicted molar refractivity (Wildman–Crippen MR) is 64.2 cm³/mol. The standard InChI is InChI=1S/C12H17FN2O2/c1-9(2)3-4-14-8-10-5-11(13)7-12(6-10)15(16)17/h5-7,9,14H,3-4,8H2,1-2H3. The molecule has 1 aromatic rings. The van der Waals surface area contributed by atoms with Crippen molar-refractivity contribution in [1.82, 2.24) is 5.32 Å². The van der Waals surface area contributed by atoms with Crippen LogP contribution in [0.3, 0.4) is 0 Å². The number of nitrogens with zero attached hydrogens (tertiary/aromatic N) is 1. The Balaban J connectivity index is 2.56. The van der Waals surface area contributed by atoms with E-state index in [1.165, 1.54) is 12.1 Å². The normalized spacial score (nSPS) is 10.8. The number of rotatable bonds is 6. The number of nitro benzene ring substituents is 1. The van der Waals surface area contributed by atoms with E-state index in [-0.39, 0.29) is 5.69 Å². The third-order valence-corrected chi connectivity index (χ3v) is 2.38. The van der Waals surface area contributed by atoms with Crippen molar-refractivity contribution in [2.75, 3.05) is 6.54 Å². The fourth-order valence-electron chi connectivity index (χ4n) is 1.46. The molecule has 0 aliphatic rings. The smallest absolute Gasteiger partial charge is 0.272 e. The van der Waals surface area contributed by atoms with Gasteiger partial charge >= 0.3 is 0 Å². The average Bonchev–Trinajstić information content (AvgIpc) is 2.23. The molecule has 1 N–H and O–H groups in total. The summed E-state index contributed by atoms with van der Waals surface area (Å²) >= 11 is 0. The van der Waals surface area contributed by atoms with E-state index in [1.54, 1.807) is 0 Å². The van der Waals surface area contributed by atoms with Gasteiger partial charge in [-0.05, 0) is 30.5 Å². The van der Waals surface area contributed by atoms with Crippen LogP contribution in [0, 0.1) is 21.8 Å². The van der Waals surface area contributed by atoms with Crippen molar-refractivity contribution in [1.29, 1.82) is 0 Å². The molecule has 4 nitrogen and oxygen atoms in total. The maximum atomic E-state index is 13.1. The maximum absolute atomic E-state index is 13.1. The van der Waals surface area contributed by atoms with Gasteiger partial charge in [-0.2, -0.15) is 0 Å². The van der Waals surface area contributed by atoms with Gasteiger partial charge in [-0.3, -0.25) is 10.1 Å². The molecular formula is C12H17FN2O2. The summed E-state index contributed by atoms with van der Waals surface area (Å²) in [6, 6.07) is 3.64. The van der Waals surface area contributed by atoms with E-state index in [0.717, 1.165) is 19.0 Å². The number of benzene rings is 1. The molecule has 0 amide bonds. The molecule has 0 spiro atoms. The van der Waals surface area contributed by atoms with Gasteiger partial charge in [0, 0.05) is 12.6 Å². The number of non-ortho nitro benzene ring substituents is 1. The molecule has 0 fully saturated rings. The highest BCUT2D eigenvalue weighted by atomic mass is 19.1. The average molecular weight is 240 g/mol. The SMILES string of the molecule is CC(C)CCNCc1cc(F)cc([N+](=O)[O-])c1. The second-order valence-corrected chi connectivity index (χ2v) is 4.43. The lowest BCUT2D eigenvalue weighted by Gasteiger charge is -2.07. The van der Waals surface area contributed by atoms with Crippen LogP contribution in [0.5, 0.6) is 0 Å². The lowest BCUT2D eigenvalue weighted by molar-refractivity contribution is -0.385. The molecule has 17 heavy (non-hydrogen) atoms. The van der Waals surface area contributed by atoms with Gasteiger partial charge in [-0.25, -0.2) is 4.39 Å². The van der Waals surface area contributed by atoms with Crippen LogP contribution in [0.2, 0.25) is 0 Å². The van der Waals surface area contributed by atoms with Crippen LogP contribution in [0.15, 0.2) is 18.2 Å². The van der Waals surface area contributed by atoms with Crippen molar-refractivity contribution >= 4 is 5.69 Å². The highest BCUT2D eigenvalue weighted by molar-refractivity contribution is 5.35. The predicted octanol–water partition coefficient (Wildman–Crippen LogP) is 2.87. The van der Waals surface area contributed by atoms with Gasteiger partial charge in [0.1, 0.15) is 5.82 Å². The Kier molecular flexibility index (Phi) is 5.03. The summed E-state index contributed by atoms with van der Waals surface area (Å²) in [5.41, 5.74) is 0.395. The lowest BCUT2D eigenvalue weighted by atomic mass is 10.1. The minimum absolute atomic E-state index is 0.203. The van der Waals surface area contributed by atoms with Gasteiger partial charge < -0.3 is 5.32 Å². The fourth-order valence-corrected chi connectivity index (χ4v) is 1.46. The quantitative estimate of drug-likeness (QED) is 0.472. The summed E-state index contributed by atoms with van der Waals surface area (Å²) < 4.78 is 13.1. The first kappa shape index (κ1) is 13.6. The topological polar surface area (TPSA) is 55.2 Å². The Morgan fingerprint density at radius 1 is 1.41 bits per heavy atom. The van der Waals surface area contributed by atoms with Crippen molar-refractivity contribution in [3.05, 3.63) is 39.7 Å². The van der Waals surface area contributed by atoms with E-state index in [4.69, 9.17) is 0 Å². The summed E-state index contributed by atoms with van der Waals surface area (Å²) in [6.45, 7) is 5.51. The largest absolute Gasteiger partial charge is 0.313 e. The first-order chi connectivity index (χ1) is 7.99. The van der Waals surface area contributed by atoms with Crippen molar-refractivity contribution < 1.29 is 9.31 Å². The Hall–Kier alpha value is -1.49. The minimum atomic E-state index is -0.583. The van der Waals surface area contributed by atoms with E-state index >= 15 is 0 Å². The van der Waals surface area contributed by atoms with Crippen LogP contribution in [0.4, 0.5) is 10.1 Å². The van der Waals surface area contributed by atoms with E-state index in [0.29, 0.717) is 18.0 Å². The van der Waals surface area contributed by atoms with Crippen LogP contribution in [0.1, 0.15) is 25.8 Å². The highest BCUT2D eigenvalue weighted by Crippen LogP contribution is 2.16. The molecule has 0 aliphatic carbocycles. The summed E-state index contributed by atoms with van der Waals surface area (Å²) in [5, 5.41) is 13.7. The Morgan fingerprint density at radius 2 is 2.12 bits per heavy atom. The molecule has 0 unspecified atom stereocenters. The van der Waals surface area contributed by atoms with Gasteiger partial charge in [0.05, 0.1) is 11.0 Å². The zero-order valence-corrected chi connectivity index (χ0v) is 10.1. The number of halogens is 1. The summed E-state index contributed by atoms with van der Waals surface area (Å²) in [5.74, 6) is 0.0317. The zero-order chi connectivity index (χ0) is 12.8. The Labute approximate surface area is 100.0 Å². The van der Waals surface area contributed by atoms with E-state index in [2.05, 4.69) is 19.2 Å². The van der Waals surface area contributed by atoms with E-state index in [9.17, 15) is 14.5 Å². The van der Waals surface area contributed by atoms with Gasteiger partial charge in [0.2, 0.25) is 0 Å². The highest BCUT2D eigenvalue weighted by Gasteiger charge is 2.09. The van der Waals surface area contributed by atoms with Crippen molar-refractivity contribution in [2.24, 2.45) is 5.92 Å². The number of hydrogen-bond donors (Lipinski definition) is 1. The Morgan fingerprint density at radius 3 is 2.71 bits per heavy atom. The minimum Gasteiger partial charge on any atom is -0.313 e. The molecular weight excluding hydrogens is 223 g/mol. The van der Waals surface area contributed by atoms with Crippen LogP contribution >= 0.6 is 0 Å². The van der Waals surface area contributed by atoms with Gasteiger partial charge in [0.15, 0.2) is 0 Å². The van der Waals surface area contributed by atoms with Crippen molar-refractivity contribution in [3.8, 4) is 0 Å². The second-order valence-electron chi connectivity index (χ2n) is 4.43. The first-order valence-electron chi connectivity index (χ1n) is 5.63.